The molecule has 9 heteroatoms. The second-order valence-corrected chi connectivity index (χ2v) is 6.61. The zero-order valence-corrected chi connectivity index (χ0v) is 14.8. The number of fused-ring (bicyclic) bond motifs is 1. The summed E-state index contributed by atoms with van der Waals surface area (Å²) in [5, 5.41) is 3.20. The zero-order valence-electron chi connectivity index (χ0n) is 14.0. The molecule has 0 aliphatic heterocycles. The van der Waals surface area contributed by atoms with Crippen LogP contribution in [0.15, 0.2) is 39.0 Å². The normalized spacial score (nSPS) is 11.0. The van der Waals surface area contributed by atoms with E-state index in [0.717, 1.165) is 27.6 Å². The molecular weight excluding hydrogens is 342 g/mol. The highest BCUT2D eigenvalue weighted by Gasteiger charge is 2.14. The lowest BCUT2D eigenvalue weighted by molar-refractivity contribution is -0.113. The van der Waals surface area contributed by atoms with Gasteiger partial charge in [-0.15, -0.1) is 0 Å². The van der Waals surface area contributed by atoms with E-state index in [1.54, 1.807) is 7.05 Å². The molecule has 1 amide bonds. The van der Waals surface area contributed by atoms with Crippen LogP contribution in [0, 0.1) is 6.92 Å². The van der Waals surface area contributed by atoms with Crippen LogP contribution in [0.1, 0.15) is 5.56 Å². The number of hydrogen-bond acceptors (Lipinski definition) is 5. The number of anilines is 1. The van der Waals surface area contributed by atoms with Crippen LogP contribution >= 0.6 is 11.8 Å². The first-order valence-electron chi connectivity index (χ1n) is 7.52. The van der Waals surface area contributed by atoms with Gasteiger partial charge in [-0.25, -0.2) is 9.78 Å². The minimum Gasteiger partial charge on any atom is -0.327 e. The minimum atomic E-state index is -0.447. The van der Waals surface area contributed by atoms with Gasteiger partial charge in [-0.2, -0.15) is 0 Å². The van der Waals surface area contributed by atoms with Gasteiger partial charge in [0.15, 0.2) is 16.3 Å². The number of rotatable bonds is 4. The third-order valence-electron chi connectivity index (χ3n) is 3.75. The van der Waals surface area contributed by atoms with Crippen LogP contribution < -0.4 is 16.6 Å². The fourth-order valence-electron chi connectivity index (χ4n) is 2.34. The molecule has 0 aliphatic rings. The molecule has 0 spiro atoms. The average molecular weight is 359 g/mol. The van der Waals surface area contributed by atoms with Gasteiger partial charge in [0.1, 0.15) is 0 Å². The Kier molecular flexibility index (Phi) is 4.49. The van der Waals surface area contributed by atoms with Crippen LogP contribution in [-0.2, 0) is 18.9 Å². The van der Waals surface area contributed by atoms with Gasteiger partial charge in [0.25, 0.3) is 5.56 Å². The van der Waals surface area contributed by atoms with E-state index in [1.807, 2.05) is 31.2 Å². The lowest BCUT2D eigenvalue weighted by atomic mass is 10.2. The number of carbonyl (C=O) groups excluding carboxylic acids is 1. The Morgan fingerprint density at radius 3 is 2.56 bits per heavy atom. The maximum Gasteiger partial charge on any atom is 0.332 e. The van der Waals surface area contributed by atoms with Crippen molar-refractivity contribution in [2.75, 3.05) is 11.1 Å². The van der Waals surface area contributed by atoms with Gasteiger partial charge in [-0.05, 0) is 19.1 Å². The zero-order chi connectivity index (χ0) is 18.1. The number of aromatic amines is 1. The molecule has 25 heavy (non-hydrogen) atoms. The van der Waals surface area contributed by atoms with Crippen molar-refractivity contribution in [1.82, 2.24) is 19.1 Å². The Balaban J connectivity index is 1.75. The van der Waals surface area contributed by atoms with Gasteiger partial charge in [0.2, 0.25) is 5.91 Å². The van der Waals surface area contributed by atoms with Crippen LogP contribution in [0.2, 0.25) is 0 Å². The van der Waals surface area contributed by atoms with Gasteiger partial charge >= 0.3 is 5.69 Å². The number of benzene rings is 1. The quantitative estimate of drug-likeness (QED) is 0.677. The first kappa shape index (κ1) is 17.0. The molecule has 2 heterocycles. The van der Waals surface area contributed by atoms with Gasteiger partial charge in [0, 0.05) is 19.8 Å². The Hall–Kier alpha value is -2.81. The number of nitrogens with one attached hydrogen (secondary N) is 2. The van der Waals surface area contributed by atoms with Crippen LogP contribution in [0.25, 0.3) is 11.2 Å². The molecule has 0 saturated heterocycles. The molecule has 3 rings (SSSR count). The second kappa shape index (κ2) is 6.60. The molecular formula is C16H17N5O3S. The molecule has 3 aromatic rings. The minimum absolute atomic E-state index is 0.127. The number of thioether (sulfide) groups is 1. The summed E-state index contributed by atoms with van der Waals surface area (Å²) >= 11 is 1.16. The van der Waals surface area contributed by atoms with E-state index in [2.05, 4.69) is 15.3 Å². The summed E-state index contributed by atoms with van der Waals surface area (Å²) in [7, 11) is 2.95. The summed E-state index contributed by atoms with van der Waals surface area (Å²) in [6.07, 6.45) is 0. The van der Waals surface area contributed by atoms with Gasteiger partial charge in [-0.1, -0.05) is 29.5 Å². The second-order valence-electron chi connectivity index (χ2n) is 5.65. The molecule has 8 nitrogen and oxygen atoms in total. The third kappa shape index (κ3) is 3.36. The summed E-state index contributed by atoms with van der Waals surface area (Å²) in [6.45, 7) is 1.97. The lowest BCUT2D eigenvalue weighted by Gasteiger charge is -2.04. The number of hydrogen-bond donors (Lipinski definition) is 2. The maximum absolute atomic E-state index is 12.1. The third-order valence-corrected chi connectivity index (χ3v) is 4.62. The Morgan fingerprint density at radius 1 is 1.20 bits per heavy atom. The highest BCUT2D eigenvalue weighted by Crippen LogP contribution is 2.17. The van der Waals surface area contributed by atoms with Crippen molar-refractivity contribution in [3.63, 3.8) is 0 Å². The number of carbonyl (C=O) groups is 1. The lowest BCUT2D eigenvalue weighted by Crippen LogP contribution is -2.36. The SMILES string of the molecule is Cc1ccc(NC(=O)CSc2nc3c([nH]2)c(=O)n(C)c(=O)n3C)cc1. The van der Waals surface area contributed by atoms with Gasteiger partial charge in [-0.3, -0.25) is 18.7 Å². The Morgan fingerprint density at radius 2 is 1.88 bits per heavy atom. The van der Waals surface area contributed by atoms with Crippen molar-refractivity contribution in [2.24, 2.45) is 14.1 Å². The van der Waals surface area contributed by atoms with Gasteiger partial charge < -0.3 is 10.3 Å². The average Bonchev–Trinajstić information content (AvgIpc) is 3.03. The Labute approximate surface area is 146 Å². The molecule has 1 aromatic carbocycles. The van der Waals surface area contributed by atoms with E-state index in [0.29, 0.717) is 5.16 Å². The molecule has 0 unspecified atom stereocenters. The summed E-state index contributed by atoms with van der Waals surface area (Å²) in [5.74, 6) is -0.0572. The first-order chi connectivity index (χ1) is 11.9. The van der Waals surface area contributed by atoms with Crippen LogP contribution in [0.3, 0.4) is 0 Å². The summed E-state index contributed by atoms with van der Waals surface area (Å²) in [6, 6.07) is 7.49. The smallest absolute Gasteiger partial charge is 0.327 e. The van der Waals surface area contributed by atoms with Crippen molar-refractivity contribution in [2.45, 2.75) is 12.1 Å². The van der Waals surface area contributed by atoms with Crippen LogP contribution in [0.4, 0.5) is 5.69 Å². The molecule has 0 bridgehead atoms. The molecule has 2 aromatic heterocycles. The van der Waals surface area contributed by atoms with E-state index in [4.69, 9.17) is 0 Å². The molecule has 0 atom stereocenters. The van der Waals surface area contributed by atoms with E-state index in [-0.39, 0.29) is 22.8 Å². The fraction of sp³-hybridized carbons (Fsp3) is 0.250. The summed E-state index contributed by atoms with van der Waals surface area (Å²) in [5.41, 5.74) is 1.46. The number of aromatic nitrogens is 4. The number of imidazole rings is 1. The predicted molar refractivity (Wildman–Crippen MR) is 97.1 cm³/mol. The first-order valence-corrected chi connectivity index (χ1v) is 8.50. The van der Waals surface area contributed by atoms with E-state index in [9.17, 15) is 14.4 Å². The monoisotopic (exact) mass is 359 g/mol. The van der Waals surface area contributed by atoms with Crippen molar-refractivity contribution in [3.05, 3.63) is 50.7 Å². The predicted octanol–water partition coefficient (Wildman–Crippen LogP) is 1.000. The van der Waals surface area contributed by atoms with E-state index in [1.165, 1.54) is 11.6 Å². The maximum atomic E-state index is 12.1. The molecule has 0 saturated carbocycles. The fourth-order valence-corrected chi connectivity index (χ4v) is 3.01. The molecule has 2 N–H and O–H groups in total. The number of H-pyrrole nitrogens is 1. The van der Waals surface area contributed by atoms with E-state index < -0.39 is 11.2 Å². The standard InChI is InChI=1S/C16H17N5O3S/c1-9-4-6-10(7-5-9)17-11(22)8-25-15-18-12-13(19-15)20(2)16(24)21(3)14(12)23/h4-7H,8H2,1-3H3,(H,17,22)(H,18,19). The highest BCUT2D eigenvalue weighted by molar-refractivity contribution is 7.99. The largest absolute Gasteiger partial charge is 0.332 e. The highest BCUT2D eigenvalue weighted by atomic mass is 32.2. The van der Waals surface area contributed by atoms with E-state index >= 15 is 0 Å². The van der Waals surface area contributed by atoms with Crippen LogP contribution in [0.5, 0.6) is 0 Å². The van der Waals surface area contributed by atoms with Crippen molar-refractivity contribution >= 4 is 34.5 Å². The van der Waals surface area contributed by atoms with Crippen molar-refractivity contribution in [3.8, 4) is 0 Å². The van der Waals surface area contributed by atoms with Crippen molar-refractivity contribution in [1.29, 1.82) is 0 Å². The van der Waals surface area contributed by atoms with Gasteiger partial charge in [0.05, 0.1) is 5.75 Å². The summed E-state index contributed by atoms with van der Waals surface area (Å²) in [4.78, 5) is 43.2. The van der Waals surface area contributed by atoms with Crippen LogP contribution in [-0.4, -0.2) is 30.8 Å². The number of nitrogens with zero attached hydrogens (tertiary/aromatic N) is 3. The molecule has 130 valence electrons. The number of aryl methyl sites for hydroxylation is 2. The number of amides is 1. The summed E-state index contributed by atoms with van der Waals surface area (Å²) < 4.78 is 2.31. The van der Waals surface area contributed by atoms with Crippen molar-refractivity contribution < 1.29 is 4.79 Å². The molecule has 0 aliphatic carbocycles. The topological polar surface area (TPSA) is 102 Å². The molecule has 0 fully saturated rings. The Bertz CT molecular complexity index is 1060. The molecule has 0 radical (unpaired) electrons.